The Morgan fingerprint density at radius 1 is 1.35 bits per heavy atom. The van der Waals surface area contributed by atoms with E-state index >= 15 is 0 Å². The van der Waals surface area contributed by atoms with Crippen molar-refractivity contribution in [2.45, 2.75) is 5.03 Å². The number of sulfonamides is 1. The van der Waals surface area contributed by atoms with Gasteiger partial charge in [0.05, 0.1) is 10.6 Å². The number of aromatic nitrogens is 2. The third-order valence-corrected chi connectivity index (χ3v) is 6.84. The topological polar surface area (TPSA) is 84.3 Å². The van der Waals surface area contributed by atoms with E-state index in [2.05, 4.69) is 10.4 Å². The van der Waals surface area contributed by atoms with E-state index in [4.69, 9.17) is 11.6 Å². The Bertz CT molecular complexity index is 942. The number of amides is 1. The van der Waals surface area contributed by atoms with Gasteiger partial charge in [-0.3, -0.25) is 9.48 Å². The maximum absolute atomic E-state index is 13.2. The van der Waals surface area contributed by atoms with Gasteiger partial charge in [-0.2, -0.15) is 21.2 Å². The summed E-state index contributed by atoms with van der Waals surface area (Å²) in [6.07, 6.45) is 1.34. The highest BCUT2D eigenvalue weighted by atomic mass is 35.5. The molecule has 1 saturated heterocycles. The second kappa shape index (κ2) is 7.55. The van der Waals surface area contributed by atoms with Gasteiger partial charge in [0.1, 0.15) is 5.82 Å². The third kappa shape index (κ3) is 3.88. The Morgan fingerprint density at radius 2 is 2.04 bits per heavy atom. The molecule has 1 aromatic heterocycles. The lowest BCUT2D eigenvalue weighted by atomic mass is 10.3. The number of rotatable bonds is 4. The molecule has 0 unspecified atom stereocenters. The largest absolute Gasteiger partial charge is 0.322 e. The van der Waals surface area contributed by atoms with E-state index in [-0.39, 0.29) is 21.3 Å². The van der Waals surface area contributed by atoms with Crippen molar-refractivity contribution in [1.29, 1.82) is 0 Å². The summed E-state index contributed by atoms with van der Waals surface area (Å²) in [5, 5.41) is 6.07. The average Bonchev–Trinajstić information content (AvgIpc) is 3.02. The summed E-state index contributed by atoms with van der Waals surface area (Å²) in [7, 11) is -2.34. The van der Waals surface area contributed by atoms with Gasteiger partial charge < -0.3 is 5.32 Å². The van der Waals surface area contributed by atoms with Crippen molar-refractivity contribution in [3.05, 3.63) is 40.8 Å². The molecular weight excluding hydrogens is 403 g/mol. The number of hydrogen-bond donors (Lipinski definition) is 1. The van der Waals surface area contributed by atoms with Crippen LogP contribution in [0.3, 0.4) is 0 Å². The molecule has 0 spiro atoms. The molecule has 1 amide bonds. The number of anilines is 1. The number of hydrogen-bond acceptors (Lipinski definition) is 5. The van der Waals surface area contributed by atoms with Crippen molar-refractivity contribution in [3.63, 3.8) is 0 Å². The minimum absolute atomic E-state index is 0.0776. The molecule has 0 bridgehead atoms. The van der Waals surface area contributed by atoms with Gasteiger partial charge in [-0.1, -0.05) is 11.6 Å². The summed E-state index contributed by atoms with van der Waals surface area (Å²) in [6, 6.07) is 3.71. The monoisotopic (exact) mass is 418 g/mol. The standard InChI is InChI=1S/C15H16ClFN4O3S2/c1-20-9-11(14(22)18-10-2-3-13(17)12(16)8-10)15(19-20)26(23,24)21-4-6-25-7-5-21/h2-3,8-9H,4-7H2,1H3,(H,18,22). The fraction of sp³-hybridized carbons (Fsp3) is 0.333. The van der Waals surface area contributed by atoms with E-state index in [1.54, 1.807) is 11.8 Å². The lowest BCUT2D eigenvalue weighted by Gasteiger charge is -2.24. The molecule has 0 aliphatic carbocycles. The first-order chi connectivity index (χ1) is 12.3. The third-order valence-electron chi connectivity index (χ3n) is 3.77. The lowest BCUT2D eigenvalue weighted by molar-refractivity contribution is 0.102. The number of halogens is 2. The molecule has 2 heterocycles. The summed E-state index contributed by atoms with van der Waals surface area (Å²) in [5.41, 5.74) is 0.175. The summed E-state index contributed by atoms with van der Waals surface area (Å²) in [4.78, 5) is 12.6. The number of nitrogens with zero attached hydrogens (tertiary/aromatic N) is 3. The number of nitrogens with one attached hydrogen (secondary N) is 1. The molecule has 2 aromatic rings. The first-order valence-electron chi connectivity index (χ1n) is 7.67. The average molecular weight is 419 g/mol. The number of carbonyl (C=O) groups excluding carboxylic acids is 1. The highest BCUT2D eigenvalue weighted by molar-refractivity contribution is 7.99. The van der Waals surface area contributed by atoms with E-state index in [0.717, 1.165) is 6.07 Å². The maximum Gasteiger partial charge on any atom is 0.263 e. The molecular formula is C15H16ClFN4O3S2. The molecule has 1 fully saturated rings. The van der Waals surface area contributed by atoms with Crippen LogP contribution in [-0.2, 0) is 17.1 Å². The van der Waals surface area contributed by atoms with Gasteiger partial charge in [0, 0.05) is 43.5 Å². The molecule has 3 rings (SSSR count). The van der Waals surface area contributed by atoms with Gasteiger partial charge in [-0.05, 0) is 18.2 Å². The van der Waals surface area contributed by atoms with Crippen molar-refractivity contribution in [3.8, 4) is 0 Å². The van der Waals surface area contributed by atoms with Crippen molar-refractivity contribution < 1.29 is 17.6 Å². The summed E-state index contributed by atoms with van der Waals surface area (Å²) in [5.74, 6) is 0.117. The van der Waals surface area contributed by atoms with E-state index in [1.165, 1.54) is 34.4 Å². The lowest BCUT2D eigenvalue weighted by Crippen LogP contribution is -2.38. The Labute approximate surface area is 159 Å². The Hall–Kier alpha value is -1.62. The van der Waals surface area contributed by atoms with E-state index in [0.29, 0.717) is 24.6 Å². The summed E-state index contributed by atoms with van der Waals surface area (Å²) >= 11 is 7.38. The number of carbonyl (C=O) groups is 1. The molecule has 1 aliphatic heterocycles. The fourth-order valence-corrected chi connectivity index (χ4v) is 5.37. The van der Waals surface area contributed by atoms with Crippen LogP contribution in [-0.4, -0.2) is 53.0 Å². The van der Waals surface area contributed by atoms with Crippen LogP contribution >= 0.6 is 23.4 Å². The van der Waals surface area contributed by atoms with E-state index < -0.39 is 21.7 Å². The molecule has 1 N–H and O–H groups in total. The predicted molar refractivity (Wildman–Crippen MR) is 98.7 cm³/mol. The quantitative estimate of drug-likeness (QED) is 0.822. The minimum atomic E-state index is -3.88. The minimum Gasteiger partial charge on any atom is -0.322 e. The molecule has 7 nitrogen and oxygen atoms in total. The Kier molecular flexibility index (Phi) is 5.56. The van der Waals surface area contributed by atoms with Gasteiger partial charge in [0.15, 0.2) is 0 Å². The van der Waals surface area contributed by atoms with Crippen LogP contribution in [0.25, 0.3) is 0 Å². The normalized spacial score (nSPS) is 15.8. The first kappa shape index (κ1) is 19.2. The Balaban J connectivity index is 1.90. The fourth-order valence-electron chi connectivity index (χ4n) is 2.50. The second-order valence-electron chi connectivity index (χ2n) is 5.62. The van der Waals surface area contributed by atoms with E-state index in [1.807, 2.05) is 0 Å². The van der Waals surface area contributed by atoms with E-state index in [9.17, 15) is 17.6 Å². The van der Waals surface area contributed by atoms with Crippen molar-refractivity contribution in [2.75, 3.05) is 29.9 Å². The molecule has 11 heteroatoms. The van der Waals surface area contributed by atoms with Crippen LogP contribution in [0.1, 0.15) is 10.4 Å². The zero-order valence-corrected chi connectivity index (χ0v) is 16.2. The SMILES string of the molecule is Cn1cc(C(=O)Nc2ccc(F)c(Cl)c2)c(S(=O)(=O)N2CCSCC2)n1. The summed E-state index contributed by atoms with van der Waals surface area (Å²) in [6.45, 7) is 0.746. The molecule has 140 valence electrons. The molecule has 0 radical (unpaired) electrons. The molecule has 1 aromatic carbocycles. The highest BCUT2D eigenvalue weighted by Crippen LogP contribution is 2.24. The summed E-state index contributed by atoms with van der Waals surface area (Å²) < 4.78 is 41.6. The molecule has 0 saturated carbocycles. The van der Waals surface area contributed by atoms with Gasteiger partial charge in [-0.15, -0.1) is 0 Å². The first-order valence-corrected chi connectivity index (χ1v) is 10.6. The molecule has 0 atom stereocenters. The van der Waals surface area contributed by atoms with Gasteiger partial charge in [0.2, 0.25) is 5.03 Å². The number of thioether (sulfide) groups is 1. The van der Waals surface area contributed by atoms with Crippen molar-refractivity contribution in [2.24, 2.45) is 7.05 Å². The Morgan fingerprint density at radius 3 is 2.69 bits per heavy atom. The molecule has 1 aliphatic rings. The zero-order chi connectivity index (χ0) is 18.9. The van der Waals surface area contributed by atoms with Crippen LogP contribution in [0.5, 0.6) is 0 Å². The van der Waals surface area contributed by atoms with Crippen LogP contribution in [0, 0.1) is 5.82 Å². The van der Waals surface area contributed by atoms with Crippen molar-refractivity contribution >= 4 is 45.0 Å². The highest BCUT2D eigenvalue weighted by Gasteiger charge is 2.33. The number of benzene rings is 1. The van der Waals surface area contributed by atoms with Crippen LogP contribution < -0.4 is 5.32 Å². The van der Waals surface area contributed by atoms with Gasteiger partial charge in [0.25, 0.3) is 15.9 Å². The molecule has 26 heavy (non-hydrogen) atoms. The zero-order valence-electron chi connectivity index (χ0n) is 13.8. The second-order valence-corrected chi connectivity index (χ2v) is 9.11. The number of aryl methyl sites for hydroxylation is 1. The van der Waals surface area contributed by atoms with Gasteiger partial charge in [-0.25, -0.2) is 12.8 Å². The van der Waals surface area contributed by atoms with Crippen LogP contribution in [0.2, 0.25) is 5.02 Å². The smallest absolute Gasteiger partial charge is 0.263 e. The van der Waals surface area contributed by atoms with Crippen LogP contribution in [0.15, 0.2) is 29.4 Å². The predicted octanol–water partition coefficient (Wildman–Crippen LogP) is 2.20. The van der Waals surface area contributed by atoms with Crippen molar-refractivity contribution in [1.82, 2.24) is 14.1 Å². The maximum atomic E-state index is 13.2. The van der Waals surface area contributed by atoms with Crippen LogP contribution in [0.4, 0.5) is 10.1 Å². The van der Waals surface area contributed by atoms with Gasteiger partial charge >= 0.3 is 0 Å².